The van der Waals surface area contributed by atoms with Crippen LogP contribution in [-0.2, 0) is 4.79 Å². The highest BCUT2D eigenvalue weighted by molar-refractivity contribution is 5.97. The summed E-state index contributed by atoms with van der Waals surface area (Å²) < 4.78 is 5.84. The van der Waals surface area contributed by atoms with Crippen molar-refractivity contribution in [1.29, 1.82) is 0 Å². The van der Waals surface area contributed by atoms with E-state index in [0.717, 1.165) is 12.8 Å². The van der Waals surface area contributed by atoms with Gasteiger partial charge in [-0.2, -0.15) is 0 Å². The SMILES string of the molecule is O=C(O)[C@H]1CN(C(=O)c2ccccc2OCC2CC2)C[C@@H]1C1CC1. The fourth-order valence-corrected chi connectivity index (χ4v) is 3.69. The van der Waals surface area contributed by atoms with Crippen molar-refractivity contribution in [3.63, 3.8) is 0 Å². The lowest BCUT2D eigenvalue weighted by Crippen LogP contribution is -2.30. The van der Waals surface area contributed by atoms with Crippen LogP contribution in [0.3, 0.4) is 0 Å². The molecule has 2 saturated carbocycles. The molecular formula is C19H23NO4. The third-order valence-electron chi connectivity index (χ3n) is 5.49. The third kappa shape index (κ3) is 3.12. The molecule has 1 aromatic carbocycles. The molecular weight excluding hydrogens is 306 g/mol. The van der Waals surface area contributed by atoms with Crippen LogP contribution in [0.5, 0.6) is 5.75 Å². The third-order valence-corrected chi connectivity index (χ3v) is 5.49. The van der Waals surface area contributed by atoms with Gasteiger partial charge < -0.3 is 14.7 Å². The molecule has 0 spiro atoms. The normalized spacial score (nSPS) is 26.4. The molecule has 5 nitrogen and oxygen atoms in total. The van der Waals surface area contributed by atoms with Gasteiger partial charge in [-0.25, -0.2) is 0 Å². The molecule has 4 rings (SSSR count). The van der Waals surface area contributed by atoms with Crippen LogP contribution in [-0.4, -0.2) is 41.6 Å². The quantitative estimate of drug-likeness (QED) is 0.871. The second-order valence-corrected chi connectivity index (χ2v) is 7.41. The van der Waals surface area contributed by atoms with E-state index in [1.54, 1.807) is 11.0 Å². The number of benzene rings is 1. The first kappa shape index (κ1) is 15.5. The minimum Gasteiger partial charge on any atom is -0.492 e. The maximum Gasteiger partial charge on any atom is 0.308 e. The molecule has 0 aromatic heterocycles. The van der Waals surface area contributed by atoms with Gasteiger partial charge in [-0.05, 0) is 55.6 Å². The molecule has 3 fully saturated rings. The Hall–Kier alpha value is -2.04. The molecule has 1 aromatic rings. The first-order valence-electron chi connectivity index (χ1n) is 8.87. The van der Waals surface area contributed by atoms with Crippen molar-refractivity contribution in [3.8, 4) is 5.75 Å². The van der Waals surface area contributed by atoms with Gasteiger partial charge in [0, 0.05) is 13.1 Å². The van der Waals surface area contributed by atoms with E-state index in [1.165, 1.54) is 12.8 Å². The predicted octanol–water partition coefficient (Wildman–Crippen LogP) is 2.66. The number of rotatable bonds is 6. The molecule has 0 unspecified atom stereocenters. The summed E-state index contributed by atoms with van der Waals surface area (Å²) in [5.74, 6) is 0.514. The van der Waals surface area contributed by atoms with E-state index >= 15 is 0 Å². The Morgan fingerprint density at radius 3 is 2.54 bits per heavy atom. The number of likely N-dealkylation sites (tertiary alicyclic amines) is 1. The molecule has 1 amide bonds. The summed E-state index contributed by atoms with van der Waals surface area (Å²) in [7, 11) is 0. The molecule has 1 heterocycles. The lowest BCUT2D eigenvalue weighted by atomic mass is 9.92. The van der Waals surface area contributed by atoms with Crippen LogP contribution in [0.25, 0.3) is 0 Å². The lowest BCUT2D eigenvalue weighted by Gasteiger charge is -2.18. The summed E-state index contributed by atoms with van der Waals surface area (Å²) in [5.41, 5.74) is 0.554. The van der Waals surface area contributed by atoms with E-state index in [0.29, 0.717) is 42.8 Å². The van der Waals surface area contributed by atoms with Crippen molar-refractivity contribution in [2.24, 2.45) is 23.7 Å². The van der Waals surface area contributed by atoms with E-state index in [2.05, 4.69) is 0 Å². The summed E-state index contributed by atoms with van der Waals surface area (Å²) in [6.45, 7) is 1.52. The number of carboxylic acids is 1. The van der Waals surface area contributed by atoms with Crippen LogP contribution in [0, 0.1) is 23.7 Å². The van der Waals surface area contributed by atoms with Gasteiger partial charge in [-0.15, -0.1) is 0 Å². The number of carbonyl (C=O) groups is 2. The largest absolute Gasteiger partial charge is 0.492 e. The number of nitrogens with zero attached hydrogens (tertiary/aromatic N) is 1. The van der Waals surface area contributed by atoms with Crippen LogP contribution < -0.4 is 4.74 Å². The van der Waals surface area contributed by atoms with Gasteiger partial charge in [-0.3, -0.25) is 9.59 Å². The molecule has 1 aliphatic heterocycles. The van der Waals surface area contributed by atoms with Gasteiger partial charge >= 0.3 is 5.97 Å². The number of carboxylic acid groups (broad SMARTS) is 1. The van der Waals surface area contributed by atoms with Gasteiger partial charge in [0.1, 0.15) is 5.75 Å². The molecule has 0 radical (unpaired) electrons. The minimum absolute atomic E-state index is 0.101. The molecule has 0 bridgehead atoms. The van der Waals surface area contributed by atoms with Crippen LogP contribution in [0.2, 0.25) is 0 Å². The van der Waals surface area contributed by atoms with Gasteiger partial charge in [0.2, 0.25) is 0 Å². The highest BCUT2D eigenvalue weighted by Gasteiger charge is 2.47. The fraction of sp³-hybridized carbons (Fsp3) is 0.579. The number of aliphatic carboxylic acids is 1. The minimum atomic E-state index is -0.777. The zero-order chi connectivity index (χ0) is 16.7. The monoisotopic (exact) mass is 329 g/mol. The van der Waals surface area contributed by atoms with E-state index < -0.39 is 11.9 Å². The maximum absolute atomic E-state index is 12.9. The molecule has 3 aliphatic rings. The number of ether oxygens (including phenoxy) is 1. The Bertz CT molecular complexity index is 651. The average Bonchev–Trinajstić information content (AvgIpc) is 3.51. The summed E-state index contributed by atoms with van der Waals surface area (Å²) in [5, 5.41) is 9.47. The number of hydrogen-bond acceptors (Lipinski definition) is 3. The van der Waals surface area contributed by atoms with Crippen molar-refractivity contribution >= 4 is 11.9 Å². The van der Waals surface area contributed by atoms with Crippen LogP contribution in [0.1, 0.15) is 36.0 Å². The molecule has 24 heavy (non-hydrogen) atoms. The second-order valence-electron chi connectivity index (χ2n) is 7.41. The van der Waals surface area contributed by atoms with Crippen LogP contribution in [0.4, 0.5) is 0 Å². The maximum atomic E-state index is 12.9. The molecule has 1 N–H and O–H groups in total. The first-order valence-corrected chi connectivity index (χ1v) is 8.87. The van der Waals surface area contributed by atoms with Gasteiger partial charge in [0.25, 0.3) is 5.91 Å². The smallest absolute Gasteiger partial charge is 0.308 e. The Balaban J connectivity index is 1.50. The standard InChI is InChI=1S/C19H23NO4/c21-18(14-3-1-2-4-17(14)24-11-12-5-6-12)20-9-15(13-7-8-13)16(10-20)19(22)23/h1-4,12-13,15-16H,5-11H2,(H,22,23)/t15-,16+/m1/s1. The topological polar surface area (TPSA) is 66.8 Å². The summed E-state index contributed by atoms with van der Waals surface area (Å²) >= 11 is 0. The number of para-hydroxylation sites is 1. The summed E-state index contributed by atoms with van der Waals surface area (Å²) in [4.78, 5) is 26.2. The zero-order valence-corrected chi connectivity index (χ0v) is 13.7. The first-order chi connectivity index (χ1) is 11.6. The van der Waals surface area contributed by atoms with E-state index in [-0.39, 0.29) is 11.8 Å². The Kier molecular flexibility index (Phi) is 3.94. The average molecular weight is 329 g/mol. The molecule has 5 heteroatoms. The number of hydrogen-bond donors (Lipinski definition) is 1. The van der Waals surface area contributed by atoms with Crippen LogP contribution in [0.15, 0.2) is 24.3 Å². The van der Waals surface area contributed by atoms with E-state index in [1.807, 2.05) is 18.2 Å². The van der Waals surface area contributed by atoms with Crippen molar-refractivity contribution in [3.05, 3.63) is 29.8 Å². The van der Waals surface area contributed by atoms with Crippen molar-refractivity contribution in [1.82, 2.24) is 4.90 Å². The fourth-order valence-electron chi connectivity index (χ4n) is 3.69. The van der Waals surface area contributed by atoms with Crippen molar-refractivity contribution in [2.45, 2.75) is 25.7 Å². The Morgan fingerprint density at radius 2 is 1.88 bits per heavy atom. The van der Waals surface area contributed by atoms with E-state index in [9.17, 15) is 14.7 Å². The number of amides is 1. The Morgan fingerprint density at radius 1 is 1.12 bits per heavy atom. The molecule has 128 valence electrons. The predicted molar refractivity (Wildman–Crippen MR) is 87.9 cm³/mol. The van der Waals surface area contributed by atoms with Gasteiger partial charge in [-0.1, -0.05) is 12.1 Å². The molecule has 2 aliphatic carbocycles. The molecule has 2 atom stereocenters. The van der Waals surface area contributed by atoms with Gasteiger partial charge in [0.05, 0.1) is 18.1 Å². The zero-order valence-electron chi connectivity index (χ0n) is 13.7. The lowest BCUT2D eigenvalue weighted by molar-refractivity contribution is -0.142. The van der Waals surface area contributed by atoms with Crippen LogP contribution >= 0.6 is 0 Å². The van der Waals surface area contributed by atoms with Gasteiger partial charge in [0.15, 0.2) is 0 Å². The number of carbonyl (C=O) groups excluding carboxylic acids is 1. The summed E-state index contributed by atoms with van der Waals surface area (Å²) in [6, 6.07) is 7.32. The summed E-state index contributed by atoms with van der Waals surface area (Å²) in [6.07, 6.45) is 4.59. The second kappa shape index (κ2) is 6.11. The molecule has 1 saturated heterocycles. The van der Waals surface area contributed by atoms with E-state index in [4.69, 9.17) is 4.74 Å². The van der Waals surface area contributed by atoms with Crippen molar-refractivity contribution in [2.75, 3.05) is 19.7 Å². The van der Waals surface area contributed by atoms with Crippen molar-refractivity contribution < 1.29 is 19.4 Å². The Labute approximate surface area is 141 Å². The highest BCUT2D eigenvalue weighted by Crippen LogP contribution is 2.44. The highest BCUT2D eigenvalue weighted by atomic mass is 16.5.